The van der Waals surface area contributed by atoms with Gasteiger partial charge in [0.1, 0.15) is 4.21 Å². The van der Waals surface area contributed by atoms with Crippen molar-refractivity contribution >= 4 is 27.3 Å². The Kier molecular flexibility index (Phi) is 4.04. The first-order chi connectivity index (χ1) is 9.91. The second-order valence-corrected chi connectivity index (χ2v) is 8.68. The van der Waals surface area contributed by atoms with Crippen LogP contribution in [0, 0.1) is 0 Å². The number of hydrogen-bond acceptors (Lipinski definition) is 5. The maximum absolute atomic E-state index is 12.0. The summed E-state index contributed by atoms with van der Waals surface area (Å²) in [6.07, 6.45) is 3.77. The third-order valence-electron chi connectivity index (χ3n) is 3.90. The highest BCUT2D eigenvalue weighted by molar-refractivity contribution is 7.91. The van der Waals surface area contributed by atoms with Gasteiger partial charge in [0, 0.05) is 30.1 Å². The summed E-state index contributed by atoms with van der Waals surface area (Å²) in [5.41, 5.74) is 0. The van der Waals surface area contributed by atoms with Crippen LogP contribution in [0.5, 0.6) is 0 Å². The van der Waals surface area contributed by atoms with Crippen molar-refractivity contribution in [2.75, 3.05) is 13.1 Å². The van der Waals surface area contributed by atoms with Crippen molar-refractivity contribution in [1.29, 1.82) is 0 Å². The fraction of sp³-hybridized carbons (Fsp3) is 0.615. The molecule has 1 amide bonds. The third kappa shape index (κ3) is 3.82. The van der Waals surface area contributed by atoms with E-state index < -0.39 is 10.0 Å². The standard InChI is InChI=1S/C13H19N3O3S2/c14-21(18,19)13-4-3-11(20-13)7-12(17)15-9-5-6-16(8-9)10-1-2-10/h3-4,9-10H,1-2,5-8H2,(H,15,17)(H2,14,18,19). The van der Waals surface area contributed by atoms with Gasteiger partial charge in [0.25, 0.3) is 0 Å². The Labute approximate surface area is 128 Å². The smallest absolute Gasteiger partial charge is 0.247 e. The minimum atomic E-state index is -3.67. The molecule has 2 heterocycles. The molecule has 1 atom stereocenters. The van der Waals surface area contributed by atoms with E-state index in [0.717, 1.165) is 36.9 Å². The summed E-state index contributed by atoms with van der Waals surface area (Å²) in [6, 6.07) is 4.06. The number of thiophene rings is 1. The molecule has 1 aliphatic carbocycles. The fourth-order valence-electron chi connectivity index (χ4n) is 2.72. The number of sulfonamides is 1. The Bertz CT molecular complexity index is 637. The topological polar surface area (TPSA) is 92.5 Å². The molecule has 0 bridgehead atoms. The first-order valence-electron chi connectivity index (χ1n) is 7.07. The molecule has 0 spiro atoms. The van der Waals surface area contributed by atoms with Crippen LogP contribution in [0.4, 0.5) is 0 Å². The lowest BCUT2D eigenvalue weighted by atomic mass is 10.2. The van der Waals surface area contributed by atoms with E-state index in [-0.39, 0.29) is 22.6 Å². The van der Waals surface area contributed by atoms with Gasteiger partial charge < -0.3 is 5.32 Å². The Balaban J connectivity index is 1.51. The quantitative estimate of drug-likeness (QED) is 0.812. The molecule has 1 unspecified atom stereocenters. The lowest BCUT2D eigenvalue weighted by Crippen LogP contribution is -2.38. The molecule has 1 aliphatic heterocycles. The average molecular weight is 329 g/mol. The van der Waals surface area contributed by atoms with Crippen LogP contribution >= 0.6 is 11.3 Å². The Morgan fingerprint density at radius 1 is 1.38 bits per heavy atom. The van der Waals surface area contributed by atoms with Gasteiger partial charge in [-0.2, -0.15) is 0 Å². The van der Waals surface area contributed by atoms with Crippen molar-refractivity contribution in [3.05, 3.63) is 17.0 Å². The van der Waals surface area contributed by atoms with Gasteiger partial charge in [-0.1, -0.05) is 0 Å². The summed E-state index contributed by atoms with van der Waals surface area (Å²) in [6.45, 7) is 1.99. The van der Waals surface area contributed by atoms with Gasteiger partial charge in [-0.3, -0.25) is 9.69 Å². The molecule has 1 saturated carbocycles. The van der Waals surface area contributed by atoms with Gasteiger partial charge in [-0.25, -0.2) is 13.6 Å². The minimum absolute atomic E-state index is 0.0551. The maximum Gasteiger partial charge on any atom is 0.247 e. The minimum Gasteiger partial charge on any atom is -0.352 e. The highest BCUT2D eigenvalue weighted by Crippen LogP contribution is 2.29. The molecule has 21 heavy (non-hydrogen) atoms. The predicted molar refractivity (Wildman–Crippen MR) is 80.5 cm³/mol. The zero-order chi connectivity index (χ0) is 15.0. The number of nitrogens with one attached hydrogen (secondary N) is 1. The number of carbonyl (C=O) groups is 1. The average Bonchev–Trinajstić information content (AvgIpc) is 2.94. The molecule has 6 nitrogen and oxygen atoms in total. The molecule has 3 rings (SSSR count). The third-order valence-corrected chi connectivity index (χ3v) is 6.42. The second-order valence-electron chi connectivity index (χ2n) is 5.72. The van der Waals surface area contributed by atoms with Crippen LogP contribution in [0.3, 0.4) is 0 Å². The molecule has 116 valence electrons. The van der Waals surface area contributed by atoms with Gasteiger partial charge >= 0.3 is 0 Å². The van der Waals surface area contributed by atoms with Crippen LogP contribution in [0.15, 0.2) is 16.3 Å². The van der Waals surface area contributed by atoms with E-state index in [2.05, 4.69) is 10.2 Å². The van der Waals surface area contributed by atoms with Gasteiger partial charge in [0.05, 0.1) is 6.42 Å². The number of nitrogens with two attached hydrogens (primary N) is 1. The van der Waals surface area contributed by atoms with E-state index in [1.54, 1.807) is 6.07 Å². The van der Waals surface area contributed by atoms with E-state index >= 15 is 0 Å². The van der Waals surface area contributed by atoms with Crippen molar-refractivity contribution in [3.63, 3.8) is 0 Å². The van der Waals surface area contributed by atoms with Crippen LogP contribution in [0.1, 0.15) is 24.1 Å². The van der Waals surface area contributed by atoms with Gasteiger partial charge in [-0.05, 0) is 31.4 Å². The van der Waals surface area contributed by atoms with Crippen molar-refractivity contribution in [2.45, 2.75) is 42.0 Å². The number of carbonyl (C=O) groups excluding carboxylic acids is 1. The highest BCUT2D eigenvalue weighted by atomic mass is 32.2. The molecule has 1 saturated heterocycles. The van der Waals surface area contributed by atoms with Crippen molar-refractivity contribution in [2.24, 2.45) is 5.14 Å². The van der Waals surface area contributed by atoms with E-state index in [0.29, 0.717) is 4.88 Å². The zero-order valence-corrected chi connectivity index (χ0v) is 13.3. The number of hydrogen-bond donors (Lipinski definition) is 2. The predicted octanol–water partition coefficient (Wildman–Crippen LogP) is 0.291. The molecule has 3 N–H and O–H groups in total. The summed E-state index contributed by atoms with van der Waals surface area (Å²) in [4.78, 5) is 15.2. The lowest BCUT2D eigenvalue weighted by Gasteiger charge is -2.15. The molecule has 1 aromatic rings. The normalized spacial score (nSPS) is 23.4. The van der Waals surface area contributed by atoms with Crippen LogP contribution in [0.25, 0.3) is 0 Å². The highest BCUT2D eigenvalue weighted by Gasteiger charge is 2.34. The summed E-state index contributed by atoms with van der Waals surface area (Å²) in [5, 5.41) is 8.09. The fourth-order valence-corrected chi connectivity index (χ4v) is 4.50. The van der Waals surface area contributed by atoms with Crippen LogP contribution in [0.2, 0.25) is 0 Å². The maximum atomic E-state index is 12.0. The largest absolute Gasteiger partial charge is 0.352 e. The van der Waals surface area contributed by atoms with Gasteiger partial charge in [0.2, 0.25) is 15.9 Å². The van der Waals surface area contributed by atoms with E-state index in [1.165, 1.54) is 18.9 Å². The number of primary sulfonamides is 1. The number of amides is 1. The van der Waals surface area contributed by atoms with E-state index in [1.807, 2.05) is 0 Å². The van der Waals surface area contributed by atoms with Crippen molar-refractivity contribution in [3.8, 4) is 0 Å². The summed E-state index contributed by atoms with van der Waals surface area (Å²) in [5.74, 6) is -0.0551. The number of nitrogens with zero attached hydrogens (tertiary/aromatic N) is 1. The molecule has 1 aromatic heterocycles. The molecule has 8 heteroatoms. The van der Waals surface area contributed by atoms with Crippen LogP contribution < -0.4 is 10.5 Å². The Morgan fingerprint density at radius 3 is 2.76 bits per heavy atom. The van der Waals surface area contributed by atoms with Gasteiger partial charge in [-0.15, -0.1) is 11.3 Å². The van der Waals surface area contributed by atoms with Crippen molar-refractivity contribution in [1.82, 2.24) is 10.2 Å². The molecule has 0 aromatic carbocycles. The second kappa shape index (κ2) is 5.68. The summed E-state index contributed by atoms with van der Waals surface area (Å²) in [7, 11) is -3.67. The zero-order valence-electron chi connectivity index (χ0n) is 11.6. The van der Waals surface area contributed by atoms with E-state index in [4.69, 9.17) is 5.14 Å². The summed E-state index contributed by atoms with van der Waals surface area (Å²) < 4.78 is 22.5. The molecule has 2 aliphatic rings. The SMILES string of the molecule is NS(=O)(=O)c1ccc(CC(=O)NC2CCN(C3CC3)C2)s1. The van der Waals surface area contributed by atoms with Crippen LogP contribution in [-0.2, 0) is 21.2 Å². The number of rotatable bonds is 5. The number of likely N-dealkylation sites (tertiary alicyclic amines) is 1. The summed E-state index contributed by atoms with van der Waals surface area (Å²) >= 11 is 1.06. The first kappa shape index (κ1) is 15.0. The van der Waals surface area contributed by atoms with Crippen molar-refractivity contribution < 1.29 is 13.2 Å². The van der Waals surface area contributed by atoms with E-state index in [9.17, 15) is 13.2 Å². The molecular formula is C13H19N3O3S2. The Morgan fingerprint density at radius 2 is 2.14 bits per heavy atom. The molecular weight excluding hydrogens is 310 g/mol. The lowest BCUT2D eigenvalue weighted by molar-refractivity contribution is -0.121. The molecule has 0 radical (unpaired) electrons. The first-order valence-corrected chi connectivity index (χ1v) is 9.43. The van der Waals surface area contributed by atoms with Crippen LogP contribution in [-0.4, -0.2) is 44.4 Å². The van der Waals surface area contributed by atoms with Gasteiger partial charge in [0.15, 0.2) is 0 Å². The Hall–Kier alpha value is -0.960. The monoisotopic (exact) mass is 329 g/mol. The molecule has 2 fully saturated rings.